The van der Waals surface area contributed by atoms with Crippen molar-refractivity contribution in [2.24, 2.45) is 5.41 Å². The third kappa shape index (κ3) is 1.72. The van der Waals surface area contributed by atoms with Crippen LogP contribution in [0.3, 0.4) is 0 Å². The highest BCUT2D eigenvalue weighted by molar-refractivity contribution is 6.13. The molecule has 14 heavy (non-hydrogen) atoms. The van der Waals surface area contributed by atoms with Crippen molar-refractivity contribution in [2.75, 3.05) is 20.8 Å². The fourth-order valence-electron chi connectivity index (χ4n) is 1.97. The Hall–Kier alpha value is -0.385. The fourth-order valence-corrected chi connectivity index (χ4v) is 1.97. The minimum Gasteiger partial charge on any atom is -0.382 e. The second-order valence-electron chi connectivity index (χ2n) is 3.91. The van der Waals surface area contributed by atoms with Crippen molar-refractivity contribution in [3.05, 3.63) is 0 Å². The Bertz CT molecular complexity index is 211. The number of ether oxygens (including phenoxy) is 3. The zero-order valence-corrected chi connectivity index (χ0v) is 9.15. The van der Waals surface area contributed by atoms with Crippen LogP contribution >= 0.6 is 0 Å². The summed E-state index contributed by atoms with van der Waals surface area (Å²) in [5.41, 5.74) is -0.571. The molecule has 0 aromatic rings. The first-order valence-corrected chi connectivity index (χ1v) is 4.73. The van der Waals surface area contributed by atoms with Crippen LogP contribution < -0.4 is 0 Å². The van der Waals surface area contributed by atoms with Gasteiger partial charge in [0.15, 0.2) is 0 Å². The van der Waals surface area contributed by atoms with E-state index in [0.717, 1.165) is 6.29 Å². The van der Waals surface area contributed by atoms with Gasteiger partial charge in [-0.3, -0.25) is 0 Å². The second kappa shape index (κ2) is 4.42. The summed E-state index contributed by atoms with van der Waals surface area (Å²) in [6.07, 6.45) is 0.534. The predicted octanol–water partition coefficient (Wildman–Crippen LogP) is -0.789. The molecule has 1 aliphatic rings. The second-order valence-corrected chi connectivity index (χ2v) is 3.91. The van der Waals surface area contributed by atoms with E-state index in [-0.39, 0.29) is 18.2 Å². The highest BCUT2D eigenvalue weighted by Gasteiger charge is 2.51. The molecule has 1 aliphatic heterocycles. The molecule has 0 aromatic heterocycles. The van der Waals surface area contributed by atoms with Crippen LogP contribution in [0.2, 0.25) is 0 Å². The molecule has 0 aliphatic carbocycles. The van der Waals surface area contributed by atoms with Crippen molar-refractivity contribution in [3.8, 4) is 0 Å². The fraction of sp³-hybridized carbons (Fsp3) is 0.889. The van der Waals surface area contributed by atoms with E-state index in [1.54, 1.807) is 14.2 Å². The molecule has 0 unspecified atom stereocenters. The minimum atomic E-state index is -0.571. The molecule has 0 amide bonds. The van der Waals surface area contributed by atoms with Crippen LogP contribution in [0.5, 0.6) is 0 Å². The first-order chi connectivity index (χ1) is 6.60. The maximum Gasteiger partial charge on any atom is 0.140 e. The maximum absolute atomic E-state index is 11.1. The quantitative estimate of drug-likeness (QED) is 0.440. The van der Waals surface area contributed by atoms with Gasteiger partial charge in [-0.15, -0.1) is 0 Å². The van der Waals surface area contributed by atoms with Crippen LogP contribution in [-0.2, 0) is 19.0 Å². The Morgan fingerprint density at radius 3 is 2.64 bits per heavy atom. The van der Waals surface area contributed by atoms with E-state index >= 15 is 0 Å². The topological polar surface area (TPSA) is 44.8 Å². The van der Waals surface area contributed by atoms with Crippen LogP contribution in [-0.4, -0.2) is 53.2 Å². The van der Waals surface area contributed by atoms with Gasteiger partial charge in [-0.05, 0) is 6.92 Å². The van der Waals surface area contributed by atoms with Gasteiger partial charge in [0.2, 0.25) is 0 Å². The molecular formula is C9H17BO4. The number of carbonyl (C=O) groups is 1. The zero-order chi connectivity index (χ0) is 10.8. The van der Waals surface area contributed by atoms with E-state index in [9.17, 15) is 4.79 Å². The van der Waals surface area contributed by atoms with Gasteiger partial charge < -0.3 is 19.0 Å². The van der Waals surface area contributed by atoms with Crippen molar-refractivity contribution < 1.29 is 19.0 Å². The van der Waals surface area contributed by atoms with Crippen LogP contribution in [0, 0.1) is 5.41 Å². The summed E-state index contributed by atoms with van der Waals surface area (Å²) in [6.45, 7) is 2.31. The average Bonchev–Trinajstić information content (AvgIpc) is 2.40. The van der Waals surface area contributed by atoms with E-state index in [1.165, 1.54) is 0 Å². The normalized spacial score (nSPS) is 42.6. The summed E-state index contributed by atoms with van der Waals surface area (Å²) in [5.74, 6) is 0. The third-order valence-electron chi connectivity index (χ3n) is 3.04. The smallest absolute Gasteiger partial charge is 0.140 e. The molecule has 0 aromatic carbocycles. The molecule has 1 fully saturated rings. The van der Waals surface area contributed by atoms with Gasteiger partial charge in [0.25, 0.3) is 0 Å². The van der Waals surface area contributed by atoms with Crippen molar-refractivity contribution in [2.45, 2.75) is 25.1 Å². The average molecular weight is 200 g/mol. The molecule has 0 N–H and O–H groups in total. The summed E-state index contributed by atoms with van der Waals surface area (Å²) < 4.78 is 16.0. The molecule has 0 radical (unpaired) electrons. The lowest BCUT2D eigenvalue weighted by atomic mass is 9.72. The Labute approximate surface area is 85.3 Å². The molecule has 4 nitrogen and oxygen atoms in total. The molecule has 4 atom stereocenters. The molecule has 1 rings (SSSR count). The summed E-state index contributed by atoms with van der Waals surface area (Å²) >= 11 is 0. The van der Waals surface area contributed by atoms with E-state index in [2.05, 4.69) is 0 Å². The highest BCUT2D eigenvalue weighted by atomic mass is 16.6. The first-order valence-electron chi connectivity index (χ1n) is 4.73. The maximum atomic E-state index is 11.1. The van der Waals surface area contributed by atoms with Gasteiger partial charge >= 0.3 is 0 Å². The molecule has 0 bridgehead atoms. The van der Waals surface area contributed by atoms with E-state index < -0.39 is 5.41 Å². The number of hydrogen-bond acceptors (Lipinski definition) is 4. The number of methoxy groups -OCH3 is 2. The Kier molecular flexibility index (Phi) is 3.69. The summed E-state index contributed by atoms with van der Waals surface area (Å²) in [4.78, 5) is 11.1. The van der Waals surface area contributed by atoms with Crippen molar-refractivity contribution in [1.82, 2.24) is 0 Å². The molecule has 5 heteroatoms. The molecule has 0 spiro atoms. The Balaban J connectivity index is 2.82. The number of carbonyl (C=O) groups excluding carboxylic acids is 1. The monoisotopic (exact) mass is 200 g/mol. The molecule has 0 saturated carbocycles. The van der Waals surface area contributed by atoms with Gasteiger partial charge in [-0.25, -0.2) is 0 Å². The SMILES string of the molecule is B[C@@H]1O[C@H](COC)[C@@H](OC)[C@@]1(C)C=O. The van der Waals surface area contributed by atoms with Gasteiger partial charge in [-0.1, -0.05) is 0 Å². The number of hydrogen-bond donors (Lipinski definition) is 0. The third-order valence-corrected chi connectivity index (χ3v) is 3.04. The van der Waals surface area contributed by atoms with Crippen molar-refractivity contribution >= 4 is 14.1 Å². The van der Waals surface area contributed by atoms with E-state index in [1.807, 2.05) is 14.8 Å². The van der Waals surface area contributed by atoms with Crippen LogP contribution in [0.15, 0.2) is 0 Å². The number of rotatable bonds is 4. The summed E-state index contributed by atoms with van der Waals surface area (Å²) in [5, 5.41) is 0. The first kappa shape index (κ1) is 11.7. The largest absolute Gasteiger partial charge is 0.382 e. The summed E-state index contributed by atoms with van der Waals surface area (Å²) in [6, 6.07) is -0.134. The van der Waals surface area contributed by atoms with Gasteiger partial charge in [0.1, 0.15) is 20.2 Å². The Morgan fingerprint density at radius 1 is 1.57 bits per heavy atom. The molecular weight excluding hydrogens is 183 g/mol. The van der Waals surface area contributed by atoms with Crippen LogP contribution in [0.25, 0.3) is 0 Å². The molecule has 80 valence electrons. The molecule has 1 heterocycles. The summed E-state index contributed by atoms with van der Waals surface area (Å²) in [7, 11) is 5.09. The van der Waals surface area contributed by atoms with E-state index in [4.69, 9.17) is 14.2 Å². The van der Waals surface area contributed by atoms with Gasteiger partial charge in [0.05, 0.1) is 18.1 Å². The highest BCUT2D eigenvalue weighted by Crippen LogP contribution is 2.37. The molecule has 1 saturated heterocycles. The van der Waals surface area contributed by atoms with Gasteiger partial charge in [0, 0.05) is 20.2 Å². The zero-order valence-electron chi connectivity index (χ0n) is 9.15. The lowest BCUT2D eigenvalue weighted by Crippen LogP contribution is -2.42. The van der Waals surface area contributed by atoms with Crippen molar-refractivity contribution in [3.63, 3.8) is 0 Å². The lowest BCUT2D eigenvalue weighted by Gasteiger charge is -2.27. The predicted molar refractivity (Wildman–Crippen MR) is 54.0 cm³/mol. The number of aldehydes is 1. The van der Waals surface area contributed by atoms with Gasteiger partial charge in [-0.2, -0.15) is 0 Å². The van der Waals surface area contributed by atoms with Crippen LogP contribution in [0.4, 0.5) is 0 Å². The van der Waals surface area contributed by atoms with Crippen LogP contribution in [0.1, 0.15) is 6.92 Å². The standard InChI is InChI=1S/C9H17BO4/c1-9(5-11)7(13-3)6(4-12-2)14-8(9)10/h5-8H,4,10H2,1-3H3/t6-,7-,8-,9-/m1/s1. The Morgan fingerprint density at radius 2 is 2.21 bits per heavy atom. The van der Waals surface area contributed by atoms with Crippen molar-refractivity contribution in [1.29, 1.82) is 0 Å². The minimum absolute atomic E-state index is 0.134. The van der Waals surface area contributed by atoms with E-state index in [0.29, 0.717) is 6.61 Å². The lowest BCUT2D eigenvalue weighted by molar-refractivity contribution is -0.121.